The molecule has 0 aliphatic carbocycles. The topological polar surface area (TPSA) is 36.9 Å². The molecule has 4 nitrogen and oxygen atoms in total. The molecule has 0 aromatic heterocycles. The molecule has 0 N–H and O–H groups in total. The van der Waals surface area contributed by atoms with E-state index in [0.717, 1.165) is 26.1 Å². The monoisotopic (exact) mass is 266 g/mol. The molecular weight excluding hydrogens is 236 g/mol. The predicted molar refractivity (Wildman–Crippen MR) is 73.4 cm³/mol. The maximum absolute atomic E-state index is 5.22. The Morgan fingerprint density at radius 3 is 1.24 bits per heavy atom. The van der Waals surface area contributed by atoms with Crippen molar-refractivity contribution in [3.05, 3.63) is 0 Å². The third kappa shape index (κ3) is 18.6. The summed E-state index contributed by atoms with van der Waals surface area (Å²) in [5.74, 6) is 0. The fraction of sp³-hybridized carbons (Fsp3) is 1.00. The molecule has 0 saturated heterocycles. The van der Waals surface area contributed by atoms with Gasteiger partial charge in [-0.1, -0.05) is 13.8 Å². The SMILES string of the molecule is CCCOCCC.CCO[SiH](OCC)OCC. The van der Waals surface area contributed by atoms with Gasteiger partial charge in [-0.15, -0.1) is 0 Å². The van der Waals surface area contributed by atoms with E-state index in [9.17, 15) is 0 Å². The van der Waals surface area contributed by atoms with Crippen molar-refractivity contribution < 1.29 is 18.0 Å². The first kappa shape index (κ1) is 19.4. The maximum Gasteiger partial charge on any atom is 0.484 e. The van der Waals surface area contributed by atoms with Gasteiger partial charge in [0.1, 0.15) is 0 Å². The van der Waals surface area contributed by atoms with Crippen molar-refractivity contribution >= 4 is 9.53 Å². The van der Waals surface area contributed by atoms with E-state index in [0.29, 0.717) is 19.8 Å². The number of rotatable bonds is 10. The van der Waals surface area contributed by atoms with Crippen LogP contribution in [0.5, 0.6) is 0 Å². The molecule has 106 valence electrons. The molecule has 0 unspecified atom stereocenters. The Labute approximate surface area is 109 Å². The summed E-state index contributed by atoms with van der Waals surface area (Å²) in [6.07, 6.45) is 2.28. The van der Waals surface area contributed by atoms with E-state index < -0.39 is 9.53 Å². The van der Waals surface area contributed by atoms with Gasteiger partial charge in [0.25, 0.3) is 0 Å². The number of ether oxygens (including phenoxy) is 1. The Kier molecular flexibility index (Phi) is 21.0. The zero-order valence-electron chi connectivity index (χ0n) is 12.2. The van der Waals surface area contributed by atoms with Crippen LogP contribution in [0.1, 0.15) is 47.5 Å². The molecule has 0 fully saturated rings. The fourth-order valence-electron chi connectivity index (χ4n) is 0.943. The Bertz CT molecular complexity index is 107. The third-order valence-electron chi connectivity index (χ3n) is 1.61. The summed E-state index contributed by atoms with van der Waals surface area (Å²) >= 11 is 0. The minimum atomic E-state index is -1.73. The molecule has 0 bridgehead atoms. The third-order valence-corrected chi connectivity index (χ3v) is 3.42. The molecule has 5 heteroatoms. The van der Waals surface area contributed by atoms with E-state index in [1.54, 1.807) is 0 Å². The lowest BCUT2D eigenvalue weighted by Crippen LogP contribution is -2.27. The first-order valence-electron chi connectivity index (χ1n) is 6.69. The van der Waals surface area contributed by atoms with E-state index in [1.165, 1.54) is 0 Å². The van der Waals surface area contributed by atoms with Gasteiger partial charge in [-0.2, -0.15) is 0 Å². The first-order valence-corrected chi connectivity index (χ1v) is 8.10. The molecule has 0 aliphatic rings. The second-order valence-corrected chi connectivity index (χ2v) is 4.84. The van der Waals surface area contributed by atoms with Gasteiger partial charge < -0.3 is 18.0 Å². The quantitative estimate of drug-likeness (QED) is 0.450. The van der Waals surface area contributed by atoms with Gasteiger partial charge in [0.05, 0.1) is 0 Å². The average Bonchev–Trinajstić information content (AvgIpc) is 2.32. The maximum atomic E-state index is 5.22. The zero-order chi connectivity index (χ0) is 13.4. The van der Waals surface area contributed by atoms with Gasteiger partial charge in [0.2, 0.25) is 0 Å². The van der Waals surface area contributed by atoms with Crippen molar-refractivity contribution in [2.24, 2.45) is 0 Å². The number of hydrogen-bond donors (Lipinski definition) is 0. The Morgan fingerprint density at radius 1 is 0.647 bits per heavy atom. The van der Waals surface area contributed by atoms with Crippen LogP contribution in [-0.2, 0) is 18.0 Å². The van der Waals surface area contributed by atoms with E-state index >= 15 is 0 Å². The van der Waals surface area contributed by atoms with E-state index in [1.807, 2.05) is 20.8 Å². The molecule has 0 aromatic rings. The summed E-state index contributed by atoms with van der Waals surface area (Å²) in [5, 5.41) is 0. The van der Waals surface area contributed by atoms with Crippen molar-refractivity contribution in [3.63, 3.8) is 0 Å². The predicted octanol–water partition coefficient (Wildman–Crippen LogP) is 2.64. The summed E-state index contributed by atoms with van der Waals surface area (Å²) in [7, 11) is -1.73. The molecular formula is C12H30O4Si. The summed E-state index contributed by atoms with van der Waals surface area (Å²) < 4.78 is 20.8. The average molecular weight is 266 g/mol. The molecule has 17 heavy (non-hydrogen) atoms. The molecule has 0 aliphatic heterocycles. The van der Waals surface area contributed by atoms with Gasteiger partial charge in [0.15, 0.2) is 0 Å². The van der Waals surface area contributed by atoms with Crippen LogP contribution < -0.4 is 0 Å². The first-order chi connectivity index (χ1) is 8.26. The van der Waals surface area contributed by atoms with Crippen molar-refractivity contribution in [1.29, 1.82) is 0 Å². The van der Waals surface area contributed by atoms with Crippen molar-refractivity contribution in [2.75, 3.05) is 33.0 Å². The molecule has 0 aromatic carbocycles. The summed E-state index contributed by atoms with van der Waals surface area (Å²) in [4.78, 5) is 0. The second kappa shape index (κ2) is 18.4. The lowest BCUT2D eigenvalue weighted by Gasteiger charge is -2.12. The highest BCUT2D eigenvalue weighted by Crippen LogP contribution is 1.91. The molecule has 0 rings (SSSR count). The second-order valence-electron chi connectivity index (χ2n) is 3.27. The number of hydrogen-bond acceptors (Lipinski definition) is 4. The minimum Gasteiger partial charge on any atom is -0.381 e. The fourth-order valence-corrected chi connectivity index (χ4v) is 2.05. The van der Waals surface area contributed by atoms with Crippen LogP contribution in [0.15, 0.2) is 0 Å². The molecule has 0 spiro atoms. The van der Waals surface area contributed by atoms with Gasteiger partial charge in [-0.3, -0.25) is 0 Å². The Hall–Kier alpha value is 0.0569. The van der Waals surface area contributed by atoms with Crippen LogP contribution in [0.2, 0.25) is 0 Å². The summed E-state index contributed by atoms with van der Waals surface area (Å²) in [6, 6.07) is 0. The standard InChI is InChI=1S/C6H16O3Si.C6H14O/c1-4-7-10(8-5-2)9-6-3;1-3-5-7-6-4-2/h10H,4-6H2,1-3H3;3-6H2,1-2H3. The Balaban J connectivity index is 0. The van der Waals surface area contributed by atoms with Gasteiger partial charge in [-0.05, 0) is 33.6 Å². The molecule has 0 atom stereocenters. The van der Waals surface area contributed by atoms with Crippen LogP contribution in [-0.4, -0.2) is 42.6 Å². The molecule has 0 amide bonds. The van der Waals surface area contributed by atoms with Crippen LogP contribution in [0, 0.1) is 0 Å². The van der Waals surface area contributed by atoms with Crippen LogP contribution >= 0.6 is 0 Å². The minimum absolute atomic E-state index is 0.677. The van der Waals surface area contributed by atoms with Crippen molar-refractivity contribution in [1.82, 2.24) is 0 Å². The van der Waals surface area contributed by atoms with Crippen LogP contribution in [0.4, 0.5) is 0 Å². The molecule has 0 radical (unpaired) electrons. The van der Waals surface area contributed by atoms with Crippen LogP contribution in [0.25, 0.3) is 0 Å². The van der Waals surface area contributed by atoms with Gasteiger partial charge in [-0.25, -0.2) is 0 Å². The Morgan fingerprint density at radius 2 is 1.00 bits per heavy atom. The summed E-state index contributed by atoms with van der Waals surface area (Å²) in [5.41, 5.74) is 0. The smallest absolute Gasteiger partial charge is 0.381 e. The lowest BCUT2D eigenvalue weighted by molar-refractivity contribution is 0.107. The highest BCUT2D eigenvalue weighted by Gasteiger charge is 2.11. The van der Waals surface area contributed by atoms with Crippen LogP contribution in [0.3, 0.4) is 0 Å². The highest BCUT2D eigenvalue weighted by molar-refractivity contribution is 6.36. The normalized spacial score (nSPS) is 10.2. The lowest BCUT2D eigenvalue weighted by atomic mass is 10.5. The van der Waals surface area contributed by atoms with Crippen molar-refractivity contribution in [3.8, 4) is 0 Å². The zero-order valence-corrected chi connectivity index (χ0v) is 13.3. The highest BCUT2D eigenvalue weighted by atomic mass is 28.3. The molecule has 0 heterocycles. The van der Waals surface area contributed by atoms with E-state index in [4.69, 9.17) is 18.0 Å². The van der Waals surface area contributed by atoms with Gasteiger partial charge in [0, 0.05) is 33.0 Å². The van der Waals surface area contributed by atoms with E-state index in [2.05, 4.69) is 13.8 Å². The largest absolute Gasteiger partial charge is 0.484 e. The summed E-state index contributed by atoms with van der Waals surface area (Å²) in [6.45, 7) is 14.0. The van der Waals surface area contributed by atoms with Crippen molar-refractivity contribution in [2.45, 2.75) is 47.5 Å². The molecule has 0 saturated carbocycles. The van der Waals surface area contributed by atoms with Gasteiger partial charge >= 0.3 is 9.53 Å². The van der Waals surface area contributed by atoms with E-state index in [-0.39, 0.29) is 0 Å².